The van der Waals surface area contributed by atoms with Crippen molar-refractivity contribution in [3.05, 3.63) is 23.1 Å². The predicted octanol–water partition coefficient (Wildman–Crippen LogP) is 1.70. The Labute approximate surface area is 86.3 Å². The predicted molar refractivity (Wildman–Crippen MR) is 51.4 cm³/mol. The number of allylic oxidation sites excluding steroid dienone is 1. The van der Waals surface area contributed by atoms with Gasteiger partial charge < -0.3 is 14.4 Å². The molecule has 0 aromatic carbocycles. The number of hydrogen-bond acceptors (Lipinski definition) is 5. The number of aryl methyl sites for hydroxylation is 1. The van der Waals surface area contributed by atoms with Gasteiger partial charge in [0.15, 0.2) is 0 Å². The van der Waals surface area contributed by atoms with E-state index in [2.05, 4.69) is 5.16 Å². The normalized spacial score (nSPS) is 14.3. The molecule has 15 heavy (non-hydrogen) atoms. The summed E-state index contributed by atoms with van der Waals surface area (Å²) < 4.78 is 9.77. The Balaban J connectivity index is 2.39. The van der Waals surface area contributed by atoms with E-state index in [9.17, 15) is 9.90 Å². The van der Waals surface area contributed by atoms with Gasteiger partial charge in [-0.3, -0.25) is 0 Å². The summed E-state index contributed by atoms with van der Waals surface area (Å²) >= 11 is 0. The molecule has 0 atom stereocenters. The van der Waals surface area contributed by atoms with Crippen LogP contribution in [0.25, 0.3) is 5.76 Å². The smallest absolute Gasteiger partial charge is 0.361 e. The number of rotatable bonds is 2. The number of esters is 1. The van der Waals surface area contributed by atoms with Crippen LogP contribution in [0.15, 0.2) is 10.6 Å². The van der Waals surface area contributed by atoms with Crippen LogP contribution in [0, 0.1) is 0 Å². The van der Waals surface area contributed by atoms with Gasteiger partial charge in [0.05, 0.1) is 12.2 Å². The largest absolute Gasteiger partial charge is 0.507 e. The second kappa shape index (κ2) is 3.76. The summed E-state index contributed by atoms with van der Waals surface area (Å²) in [6, 6.07) is 0. The molecule has 1 aliphatic rings. The van der Waals surface area contributed by atoms with Crippen molar-refractivity contribution in [1.82, 2.24) is 5.16 Å². The van der Waals surface area contributed by atoms with E-state index in [1.54, 1.807) is 13.0 Å². The summed E-state index contributed by atoms with van der Waals surface area (Å²) in [5.74, 6) is 0.0166. The molecular formula is C10H11NO4. The van der Waals surface area contributed by atoms with Crippen LogP contribution in [0.2, 0.25) is 0 Å². The molecule has 1 aromatic heterocycles. The summed E-state index contributed by atoms with van der Waals surface area (Å²) in [5.41, 5.74) is 0.431. The SMILES string of the molecule is CCOC(=O)c1noc2c1C(O)=CCC2. The third-order valence-electron chi connectivity index (χ3n) is 2.20. The average molecular weight is 209 g/mol. The van der Waals surface area contributed by atoms with Gasteiger partial charge in [0, 0.05) is 6.42 Å². The van der Waals surface area contributed by atoms with Crippen LogP contribution in [-0.4, -0.2) is 22.8 Å². The number of ether oxygens (including phenoxy) is 1. The van der Waals surface area contributed by atoms with Crippen LogP contribution in [-0.2, 0) is 11.2 Å². The van der Waals surface area contributed by atoms with Gasteiger partial charge in [-0.15, -0.1) is 0 Å². The van der Waals surface area contributed by atoms with Crippen molar-refractivity contribution < 1.29 is 19.2 Å². The maximum atomic E-state index is 11.4. The van der Waals surface area contributed by atoms with E-state index < -0.39 is 5.97 Å². The Morgan fingerprint density at radius 2 is 2.53 bits per heavy atom. The van der Waals surface area contributed by atoms with Gasteiger partial charge in [0.25, 0.3) is 0 Å². The lowest BCUT2D eigenvalue weighted by Gasteiger charge is -2.06. The Bertz CT molecular complexity index is 419. The van der Waals surface area contributed by atoms with Crippen molar-refractivity contribution in [3.8, 4) is 0 Å². The molecule has 5 heteroatoms. The summed E-state index contributed by atoms with van der Waals surface area (Å²) in [5, 5.41) is 13.2. The van der Waals surface area contributed by atoms with Gasteiger partial charge in [0.2, 0.25) is 5.69 Å². The third kappa shape index (κ3) is 1.60. The van der Waals surface area contributed by atoms with E-state index in [0.717, 1.165) is 0 Å². The maximum absolute atomic E-state index is 11.4. The molecule has 0 unspecified atom stereocenters. The molecule has 0 amide bonds. The number of hydrogen-bond donors (Lipinski definition) is 1. The van der Waals surface area contributed by atoms with E-state index in [0.29, 0.717) is 24.2 Å². The van der Waals surface area contributed by atoms with Crippen molar-refractivity contribution in [2.24, 2.45) is 0 Å². The van der Waals surface area contributed by atoms with Gasteiger partial charge in [-0.1, -0.05) is 5.16 Å². The second-order valence-corrected chi connectivity index (χ2v) is 3.18. The van der Waals surface area contributed by atoms with Gasteiger partial charge in [0.1, 0.15) is 11.5 Å². The number of aliphatic hydroxyl groups is 1. The second-order valence-electron chi connectivity index (χ2n) is 3.18. The zero-order valence-electron chi connectivity index (χ0n) is 8.32. The fourth-order valence-electron chi connectivity index (χ4n) is 1.54. The maximum Gasteiger partial charge on any atom is 0.361 e. The molecule has 0 fully saturated rings. The summed E-state index contributed by atoms with van der Waals surface area (Å²) in [6.45, 7) is 1.98. The van der Waals surface area contributed by atoms with Crippen molar-refractivity contribution >= 4 is 11.7 Å². The van der Waals surface area contributed by atoms with Gasteiger partial charge in [-0.25, -0.2) is 4.79 Å². The van der Waals surface area contributed by atoms with Crippen LogP contribution < -0.4 is 0 Å². The molecule has 1 aliphatic carbocycles. The Morgan fingerprint density at radius 3 is 3.27 bits per heavy atom. The van der Waals surface area contributed by atoms with Crippen LogP contribution in [0.1, 0.15) is 35.2 Å². The standard InChI is InChI=1S/C10H11NO4/c1-2-14-10(13)9-8-6(12)4-3-5-7(8)15-11-9/h4,12H,2-3,5H2,1H3. The molecule has 0 radical (unpaired) electrons. The zero-order chi connectivity index (χ0) is 10.8. The molecular weight excluding hydrogens is 198 g/mol. The molecule has 0 spiro atoms. The van der Waals surface area contributed by atoms with E-state index in [-0.39, 0.29) is 18.1 Å². The summed E-state index contributed by atoms with van der Waals surface area (Å²) in [4.78, 5) is 11.4. The average Bonchev–Trinajstić information content (AvgIpc) is 2.63. The fourth-order valence-corrected chi connectivity index (χ4v) is 1.54. The molecule has 5 nitrogen and oxygen atoms in total. The van der Waals surface area contributed by atoms with Crippen LogP contribution >= 0.6 is 0 Å². The summed E-state index contributed by atoms with van der Waals surface area (Å²) in [7, 11) is 0. The highest BCUT2D eigenvalue weighted by Gasteiger charge is 2.27. The minimum absolute atomic E-state index is 0.0422. The number of carbonyl (C=O) groups is 1. The highest BCUT2D eigenvalue weighted by Crippen LogP contribution is 2.27. The molecule has 2 rings (SSSR count). The highest BCUT2D eigenvalue weighted by molar-refractivity contribution is 5.93. The molecule has 1 heterocycles. The van der Waals surface area contributed by atoms with Crippen LogP contribution in [0.4, 0.5) is 0 Å². The molecule has 0 aliphatic heterocycles. The van der Waals surface area contributed by atoms with E-state index in [1.807, 2.05) is 0 Å². The highest BCUT2D eigenvalue weighted by atomic mass is 16.5. The zero-order valence-corrected chi connectivity index (χ0v) is 8.32. The van der Waals surface area contributed by atoms with Crippen molar-refractivity contribution in [3.63, 3.8) is 0 Å². The van der Waals surface area contributed by atoms with Crippen LogP contribution in [0.5, 0.6) is 0 Å². The van der Waals surface area contributed by atoms with Gasteiger partial charge in [-0.2, -0.15) is 0 Å². The Hall–Kier alpha value is -1.78. The Kier molecular flexibility index (Phi) is 2.45. The van der Waals surface area contributed by atoms with Gasteiger partial charge in [-0.05, 0) is 19.4 Å². The number of aliphatic hydroxyl groups excluding tert-OH is 1. The first kappa shape index (κ1) is 9.76. The first-order valence-corrected chi connectivity index (χ1v) is 4.79. The quantitative estimate of drug-likeness (QED) is 0.750. The van der Waals surface area contributed by atoms with Crippen LogP contribution in [0.3, 0.4) is 0 Å². The molecule has 1 aromatic rings. The van der Waals surface area contributed by atoms with E-state index in [1.165, 1.54) is 0 Å². The topological polar surface area (TPSA) is 72.6 Å². The summed E-state index contributed by atoms with van der Waals surface area (Å²) in [6.07, 6.45) is 2.98. The minimum Gasteiger partial charge on any atom is -0.507 e. The Morgan fingerprint density at radius 1 is 1.73 bits per heavy atom. The number of aromatic nitrogens is 1. The first-order chi connectivity index (χ1) is 7.24. The van der Waals surface area contributed by atoms with Gasteiger partial charge >= 0.3 is 5.97 Å². The monoisotopic (exact) mass is 209 g/mol. The lowest BCUT2D eigenvalue weighted by Crippen LogP contribution is -2.09. The van der Waals surface area contributed by atoms with Crippen molar-refractivity contribution in [2.45, 2.75) is 19.8 Å². The lowest BCUT2D eigenvalue weighted by molar-refractivity contribution is 0.0514. The third-order valence-corrected chi connectivity index (χ3v) is 2.20. The molecule has 0 saturated heterocycles. The number of carbonyl (C=O) groups excluding carboxylic acids is 1. The number of fused-ring (bicyclic) bond motifs is 1. The minimum atomic E-state index is -0.565. The van der Waals surface area contributed by atoms with E-state index >= 15 is 0 Å². The lowest BCUT2D eigenvalue weighted by atomic mass is 10.0. The van der Waals surface area contributed by atoms with Crippen molar-refractivity contribution in [2.75, 3.05) is 6.61 Å². The van der Waals surface area contributed by atoms with Crippen molar-refractivity contribution in [1.29, 1.82) is 0 Å². The molecule has 1 N–H and O–H groups in total. The molecule has 0 saturated carbocycles. The number of nitrogens with zero attached hydrogens (tertiary/aromatic N) is 1. The fraction of sp³-hybridized carbons (Fsp3) is 0.400. The molecule has 0 bridgehead atoms. The van der Waals surface area contributed by atoms with E-state index in [4.69, 9.17) is 9.26 Å². The first-order valence-electron chi connectivity index (χ1n) is 4.79. The molecule has 80 valence electrons.